The summed E-state index contributed by atoms with van der Waals surface area (Å²) in [6.07, 6.45) is 0. The highest BCUT2D eigenvalue weighted by Gasteiger charge is 2.15. The van der Waals surface area contributed by atoms with E-state index >= 15 is 0 Å². The molecule has 27 heavy (non-hydrogen) atoms. The zero-order valence-electron chi connectivity index (χ0n) is 13.5. The molecule has 134 valence electrons. The average Bonchev–Trinajstić information content (AvgIpc) is 3.24. The van der Waals surface area contributed by atoms with E-state index in [-0.39, 0.29) is 17.3 Å². The number of halogens is 1. The van der Waals surface area contributed by atoms with Crippen LogP contribution in [0.1, 0.15) is 0 Å². The second kappa shape index (κ2) is 6.78. The van der Waals surface area contributed by atoms with Gasteiger partial charge in [0.05, 0.1) is 16.1 Å². The van der Waals surface area contributed by atoms with Crippen molar-refractivity contribution < 1.29 is 10.0 Å². The number of nitro benzene ring substituents is 1. The van der Waals surface area contributed by atoms with Crippen molar-refractivity contribution >= 4 is 50.3 Å². The molecule has 0 saturated carbocycles. The summed E-state index contributed by atoms with van der Waals surface area (Å²) >= 11 is 7.17. The predicted octanol–water partition coefficient (Wildman–Crippen LogP) is 5.97. The molecule has 2 heterocycles. The van der Waals surface area contributed by atoms with Crippen LogP contribution in [0.5, 0.6) is 5.88 Å². The molecule has 0 spiro atoms. The summed E-state index contributed by atoms with van der Waals surface area (Å²) in [5.41, 5.74) is 2.16. The van der Waals surface area contributed by atoms with Crippen molar-refractivity contribution in [2.75, 3.05) is 0 Å². The zero-order valence-corrected chi connectivity index (χ0v) is 15.0. The van der Waals surface area contributed by atoms with Crippen LogP contribution in [0.15, 0.2) is 58.1 Å². The summed E-state index contributed by atoms with van der Waals surface area (Å²) in [5, 5.41) is 32.4. The Morgan fingerprint density at radius 1 is 1.19 bits per heavy atom. The Labute approximate surface area is 160 Å². The summed E-state index contributed by atoms with van der Waals surface area (Å²) in [6, 6.07) is 11.4. The van der Waals surface area contributed by atoms with Crippen molar-refractivity contribution in [3.63, 3.8) is 0 Å². The number of thiazole rings is 1. The minimum absolute atomic E-state index is 0.0998. The van der Waals surface area contributed by atoms with Gasteiger partial charge in [-0.05, 0) is 18.2 Å². The lowest BCUT2D eigenvalue weighted by molar-refractivity contribution is -0.384. The molecule has 0 aliphatic carbocycles. The molecule has 2 N–H and O–H groups in total. The molecule has 0 unspecified atom stereocenters. The number of aromatic amines is 1. The quantitative estimate of drug-likeness (QED) is 0.249. The van der Waals surface area contributed by atoms with Gasteiger partial charge in [-0.1, -0.05) is 23.7 Å². The number of nitrogens with zero attached hydrogens (tertiary/aromatic N) is 4. The Balaban J connectivity index is 1.67. The third-order valence-electron chi connectivity index (χ3n) is 3.81. The Kier molecular flexibility index (Phi) is 4.30. The van der Waals surface area contributed by atoms with Gasteiger partial charge in [-0.3, -0.25) is 10.1 Å². The van der Waals surface area contributed by atoms with Crippen molar-refractivity contribution in [3.8, 4) is 17.1 Å². The van der Waals surface area contributed by atoms with E-state index < -0.39 is 4.92 Å². The van der Waals surface area contributed by atoms with Crippen LogP contribution in [-0.4, -0.2) is 20.0 Å². The van der Waals surface area contributed by atoms with E-state index in [0.29, 0.717) is 21.1 Å². The molecule has 0 radical (unpaired) electrons. The molecule has 0 bridgehead atoms. The number of hydrogen-bond acceptors (Lipinski definition) is 7. The lowest BCUT2D eigenvalue weighted by Crippen LogP contribution is -1.86. The number of aromatic nitrogens is 2. The van der Waals surface area contributed by atoms with Crippen molar-refractivity contribution in [2.24, 2.45) is 10.2 Å². The van der Waals surface area contributed by atoms with Crippen molar-refractivity contribution in [3.05, 3.63) is 63.0 Å². The maximum atomic E-state index is 11.0. The minimum Gasteiger partial charge on any atom is -0.493 e. The van der Waals surface area contributed by atoms with E-state index in [2.05, 4.69) is 20.2 Å². The summed E-state index contributed by atoms with van der Waals surface area (Å²) in [4.78, 5) is 17.5. The number of benzene rings is 2. The third-order valence-corrected chi connectivity index (χ3v) is 4.79. The lowest BCUT2D eigenvalue weighted by atomic mass is 10.2. The van der Waals surface area contributed by atoms with Crippen LogP contribution < -0.4 is 0 Å². The summed E-state index contributed by atoms with van der Waals surface area (Å²) < 4.78 is 0. The molecule has 10 heteroatoms. The van der Waals surface area contributed by atoms with Crippen LogP contribution in [0.4, 0.5) is 16.5 Å². The fourth-order valence-corrected chi connectivity index (χ4v) is 3.29. The van der Waals surface area contributed by atoms with Gasteiger partial charge in [0.2, 0.25) is 11.0 Å². The van der Waals surface area contributed by atoms with Crippen molar-refractivity contribution in [1.29, 1.82) is 0 Å². The minimum atomic E-state index is -0.510. The van der Waals surface area contributed by atoms with E-state index in [0.717, 1.165) is 11.3 Å². The van der Waals surface area contributed by atoms with E-state index in [9.17, 15) is 15.2 Å². The van der Waals surface area contributed by atoms with Crippen LogP contribution >= 0.6 is 22.9 Å². The molecule has 2 aromatic carbocycles. The second-order valence-electron chi connectivity index (χ2n) is 5.53. The summed E-state index contributed by atoms with van der Waals surface area (Å²) in [6.45, 7) is 0. The van der Waals surface area contributed by atoms with E-state index in [4.69, 9.17) is 11.6 Å². The predicted molar refractivity (Wildman–Crippen MR) is 103 cm³/mol. The van der Waals surface area contributed by atoms with Crippen LogP contribution in [-0.2, 0) is 0 Å². The maximum absolute atomic E-state index is 11.0. The van der Waals surface area contributed by atoms with Gasteiger partial charge in [0, 0.05) is 33.5 Å². The monoisotopic (exact) mass is 399 g/mol. The van der Waals surface area contributed by atoms with Gasteiger partial charge in [-0.15, -0.1) is 21.6 Å². The molecule has 0 atom stereocenters. The molecule has 0 aliphatic rings. The highest BCUT2D eigenvalue weighted by Crippen LogP contribution is 2.38. The van der Waals surface area contributed by atoms with Gasteiger partial charge in [0.15, 0.2) is 5.69 Å². The molecule has 8 nitrogen and oxygen atoms in total. The Morgan fingerprint density at radius 3 is 2.70 bits per heavy atom. The molecular weight excluding hydrogens is 390 g/mol. The van der Waals surface area contributed by atoms with Gasteiger partial charge in [0.1, 0.15) is 0 Å². The number of azo groups is 1. The number of nitro groups is 1. The van der Waals surface area contributed by atoms with Crippen LogP contribution in [0.25, 0.3) is 22.2 Å². The highest BCUT2D eigenvalue weighted by atomic mass is 35.5. The molecule has 4 aromatic rings. The molecular formula is C17H10ClN5O3S. The van der Waals surface area contributed by atoms with Gasteiger partial charge in [-0.25, -0.2) is 4.98 Å². The number of non-ortho nitro benzene ring substituents is 1. The first-order valence-electron chi connectivity index (χ1n) is 7.63. The first kappa shape index (κ1) is 17.1. The van der Waals surface area contributed by atoms with Crippen LogP contribution in [0.2, 0.25) is 5.02 Å². The maximum Gasteiger partial charge on any atom is 0.270 e. The molecule has 0 amide bonds. The van der Waals surface area contributed by atoms with Gasteiger partial charge < -0.3 is 10.1 Å². The van der Waals surface area contributed by atoms with E-state index in [1.54, 1.807) is 12.1 Å². The second-order valence-corrected chi connectivity index (χ2v) is 6.80. The normalized spacial score (nSPS) is 11.4. The molecule has 2 aromatic heterocycles. The molecule has 0 aliphatic heterocycles. The molecule has 0 fully saturated rings. The van der Waals surface area contributed by atoms with Gasteiger partial charge in [0.25, 0.3) is 5.69 Å². The van der Waals surface area contributed by atoms with E-state index in [1.807, 2.05) is 17.5 Å². The Morgan fingerprint density at radius 2 is 1.96 bits per heavy atom. The number of hydrogen-bond donors (Lipinski definition) is 2. The van der Waals surface area contributed by atoms with Crippen molar-refractivity contribution in [2.45, 2.75) is 0 Å². The first-order chi connectivity index (χ1) is 13.0. The third kappa shape index (κ3) is 3.37. The zero-order chi connectivity index (χ0) is 19.0. The number of fused-ring (bicyclic) bond motifs is 1. The average molecular weight is 400 g/mol. The lowest BCUT2D eigenvalue weighted by Gasteiger charge is -1.95. The summed E-state index contributed by atoms with van der Waals surface area (Å²) in [7, 11) is 0. The van der Waals surface area contributed by atoms with Gasteiger partial charge in [-0.2, -0.15) is 0 Å². The van der Waals surface area contributed by atoms with Crippen LogP contribution in [0, 0.1) is 10.1 Å². The van der Waals surface area contributed by atoms with Gasteiger partial charge >= 0.3 is 0 Å². The number of H-pyrrole nitrogens is 1. The fourth-order valence-electron chi connectivity index (χ4n) is 2.52. The Bertz CT molecular complexity index is 1180. The van der Waals surface area contributed by atoms with E-state index in [1.165, 1.54) is 29.5 Å². The van der Waals surface area contributed by atoms with Crippen molar-refractivity contribution in [1.82, 2.24) is 9.97 Å². The summed E-state index contributed by atoms with van der Waals surface area (Å²) in [5.74, 6) is -0.219. The topological polar surface area (TPSA) is 117 Å². The number of nitrogens with one attached hydrogen (secondary N) is 1. The fraction of sp³-hybridized carbons (Fsp3) is 0. The molecule has 4 rings (SSSR count). The molecule has 0 saturated heterocycles. The Hall–Kier alpha value is -3.30. The highest BCUT2D eigenvalue weighted by molar-refractivity contribution is 7.13. The van der Waals surface area contributed by atoms with Crippen LogP contribution in [0.3, 0.4) is 0 Å². The largest absolute Gasteiger partial charge is 0.493 e. The first-order valence-corrected chi connectivity index (χ1v) is 8.89. The smallest absolute Gasteiger partial charge is 0.270 e. The standard InChI is InChI=1S/C17H10ClN5O3S/c18-10-3-1-9(2-4-10)14-8-27-17(20-14)22-21-15-12-7-11(23(25)26)5-6-13(12)19-16(15)24/h1-8,19,24H. The SMILES string of the molecule is O=[N+]([O-])c1ccc2[nH]c(O)c(N=Nc3nc(-c4ccc(Cl)cc4)cs3)c2c1. The number of aromatic hydroxyl groups is 1. The number of rotatable bonds is 4.